The van der Waals surface area contributed by atoms with Crippen LogP contribution in [-0.4, -0.2) is 16.2 Å². The zero-order chi connectivity index (χ0) is 15.5. The molecule has 1 aliphatic rings. The van der Waals surface area contributed by atoms with Crippen molar-refractivity contribution < 1.29 is 39.5 Å². The first kappa shape index (κ1) is 18.1. The van der Waals surface area contributed by atoms with Crippen LogP contribution in [0.5, 0.6) is 5.75 Å². The average molecular weight is 353 g/mol. The smallest absolute Gasteiger partial charge is 0.508 e. The first-order valence-corrected chi connectivity index (χ1v) is 7.58. The van der Waals surface area contributed by atoms with Crippen LogP contribution in [0.4, 0.5) is 5.69 Å². The maximum absolute atomic E-state index is 11.9. The van der Waals surface area contributed by atoms with E-state index in [-0.39, 0.29) is 41.2 Å². The second kappa shape index (κ2) is 8.04. The molecule has 1 amide bonds. The van der Waals surface area contributed by atoms with Crippen LogP contribution in [0.3, 0.4) is 0 Å². The zero-order valence-electron chi connectivity index (χ0n) is 12.2. The minimum Gasteiger partial charge on any atom is -0.508 e. The van der Waals surface area contributed by atoms with Crippen molar-refractivity contribution in [3.8, 4) is 5.75 Å². The first-order valence-electron chi connectivity index (χ1n) is 6.39. The van der Waals surface area contributed by atoms with Crippen molar-refractivity contribution in [1.82, 2.24) is 0 Å². The van der Waals surface area contributed by atoms with Gasteiger partial charge in [-0.15, -0.1) is 0 Å². The third-order valence-corrected chi connectivity index (χ3v) is 3.98. The Morgan fingerprint density at radius 2 is 1.74 bits per heavy atom. The summed E-state index contributed by atoms with van der Waals surface area (Å²) in [6.45, 7) is 0. The molecule has 4 nitrogen and oxygen atoms in total. The van der Waals surface area contributed by atoms with Crippen molar-refractivity contribution in [2.24, 2.45) is 4.99 Å². The topological polar surface area (TPSA) is 63.8 Å². The van der Waals surface area contributed by atoms with E-state index in [1.165, 1.54) is 23.9 Å². The Morgan fingerprint density at radius 1 is 1.09 bits per heavy atom. The van der Waals surface area contributed by atoms with E-state index >= 15 is 0 Å². The van der Waals surface area contributed by atoms with Crippen LogP contribution >= 0.6 is 23.4 Å². The number of amides is 1. The number of carbonyl (C=O) groups is 1. The fraction of sp³-hybridized carbons (Fsp3) is 0. The summed E-state index contributed by atoms with van der Waals surface area (Å²) in [5, 5.41) is 14.2. The van der Waals surface area contributed by atoms with E-state index in [2.05, 4.69) is 10.3 Å². The van der Waals surface area contributed by atoms with E-state index in [0.29, 0.717) is 20.8 Å². The predicted octanol–water partition coefficient (Wildman–Crippen LogP) is 1.73. The minimum atomic E-state index is -0.308. The predicted molar refractivity (Wildman–Crippen MR) is 90.6 cm³/mol. The molecular weight excluding hydrogens is 343 g/mol. The third-order valence-electron chi connectivity index (χ3n) is 2.85. The number of hydrogen-bond donors (Lipinski definition) is 1. The van der Waals surface area contributed by atoms with Gasteiger partial charge in [-0.1, -0.05) is 47.6 Å². The number of phenolic OH excluding ortho intramolecular Hbond substituents is 1. The molecule has 1 N–H and O–H groups in total. The summed E-state index contributed by atoms with van der Waals surface area (Å²) in [5.74, 6) is -0.142. The molecule has 0 radical (unpaired) electrons. The average Bonchev–Trinajstić information content (AvgIpc) is 2.84. The van der Waals surface area contributed by atoms with Gasteiger partial charge < -0.3 is 15.4 Å². The van der Waals surface area contributed by atoms with Crippen molar-refractivity contribution >= 4 is 46.2 Å². The van der Waals surface area contributed by atoms with Gasteiger partial charge in [0.25, 0.3) is 0 Å². The van der Waals surface area contributed by atoms with Crippen molar-refractivity contribution in [2.45, 2.75) is 0 Å². The Morgan fingerprint density at radius 3 is 2.39 bits per heavy atom. The number of benzene rings is 2. The standard InChI is InChI=1S/C16H11ClN2O2S.Na/c17-11-3-1-10(2-4-11)9-14-15(21)19-16(22-14)18-12-5-7-13(20)8-6-12;/h1-9H,(H2,18,19,20,21);/q;+1/p-1/b14-9-;. The molecule has 1 saturated heterocycles. The monoisotopic (exact) mass is 352 g/mol. The number of carbonyl (C=O) groups excluding carboxylic acids is 1. The normalized spacial score (nSPS) is 17.2. The number of hydrogen-bond acceptors (Lipinski definition) is 4. The van der Waals surface area contributed by atoms with Gasteiger partial charge in [-0.2, -0.15) is 0 Å². The molecule has 1 heterocycles. The van der Waals surface area contributed by atoms with Crippen molar-refractivity contribution in [1.29, 1.82) is 0 Å². The van der Waals surface area contributed by atoms with Crippen LogP contribution in [0.1, 0.15) is 5.56 Å². The van der Waals surface area contributed by atoms with Gasteiger partial charge in [-0.3, -0.25) is 4.79 Å². The fourth-order valence-corrected chi connectivity index (χ4v) is 2.72. The number of aromatic hydroxyl groups is 1. The van der Waals surface area contributed by atoms with Crippen LogP contribution < -0.4 is 29.6 Å². The molecular formula is C16H10ClN2NaO2S. The quantitative estimate of drug-likeness (QED) is 0.661. The Bertz CT molecular complexity index is 774. The molecule has 0 bridgehead atoms. The molecule has 2 aromatic carbocycles. The van der Waals surface area contributed by atoms with E-state index in [9.17, 15) is 9.90 Å². The zero-order valence-corrected chi connectivity index (χ0v) is 15.8. The minimum absolute atomic E-state index is 0. The number of amidine groups is 1. The first-order chi connectivity index (χ1) is 10.6. The van der Waals surface area contributed by atoms with Crippen LogP contribution in [0.15, 0.2) is 58.4 Å². The SMILES string of the molecule is O=C1[N-]C(=Nc2ccc(O)cc2)S/C1=C\c1ccc(Cl)cc1.[Na+]. The van der Waals surface area contributed by atoms with E-state index in [1.54, 1.807) is 30.3 Å². The Hall–Kier alpha value is -1.24. The molecule has 0 unspecified atom stereocenters. The molecule has 0 atom stereocenters. The number of aliphatic imine (C=N–C) groups is 1. The summed E-state index contributed by atoms with van der Waals surface area (Å²) in [6.07, 6.45) is 1.76. The largest absolute Gasteiger partial charge is 1.00 e. The van der Waals surface area contributed by atoms with Gasteiger partial charge >= 0.3 is 29.6 Å². The second-order valence-electron chi connectivity index (χ2n) is 4.49. The molecule has 23 heavy (non-hydrogen) atoms. The number of thioether (sulfide) groups is 1. The van der Waals surface area contributed by atoms with Gasteiger partial charge in [-0.05, 0) is 46.8 Å². The summed E-state index contributed by atoms with van der Waals surface area (Å²) in [5.41, 5.74) is 1.51. The van der Waals surface area contributed by atoms with E-state index in [0.717, 1.165) is 5.56 Å². The fourth-order valence-electron chi connectivity index (χ4n) is 1.79. The van der Waals surface area contributed by atoms with Crippen molar-refractivity contribution in [3.05, 3.63) is 69.3 Å². The maximum atomic E-state index is 11.9. The summed E-state index contributed by atoms with van der Waals surface area (Å²) in [4.78, 5) is 16.7. The van der Waals surface area contributed by atoms with Crippen molar-refractivity contribution in [3.63, 3.8) is 0 Å². The molecule has 0 aromatic heterocycles. The van der Waals surface area contributed by atoms with Gasteiger partial charge in [0.15, 0.2) is 5.91 Å². The van der Waals surface area contributed by atoms with E-state index < -0.39 is 0 Å². The molecule has 1 aliphatic heterocycles. The van der Waals surface area contributed by atoms with Gasteiger partial charge in [0.05, 0.1) is 4.91 Å². The molecule has 0 aliphatic carbocycles. The second-order valence-corrected chi connectivity index (χ2v) is 5.94. The number of halogens is 1. The Kier molecular flexibility index (Phi) is 6.33. The summed E-state index contributed by atoms with van der Waals surface area (Å²) in [6, 6.07) is 13.6. The van der Waals surface area contributed by atoms with E-state index in [4.69, 9.17) is 11.6 Å². The molecule has 3 rings (SSSR count). The Labute approximate surface area is 164 Å². The summed E-state index contributed by atoms with van der Waals surface area (Å²) >= 11 is 7.05. The van der Waals surface area contributed by atoms with Gasteiger partial charge in [0, 0.05) is 5.02 Å². The third kappa shape index (κ3) is 4.86. The van der Waals surface area contributed by atoms with E-state index in [1.807, 2.05) is 12.1 Å². The molecule has 0 saturated carbocycles. The van der Waals surface area contributed by atoms with Gasteiger partial charge in [0.1, 0.15) is 5.75 Å². The van der Waals surface area contributed by atoms with Crippen molar-refractivity contribution in [2.75, 3.05) is 0 Å². The van der Waals surface area contributed by atoms with Gasteiger partial charge in [0.2, 0.25) is 0 Å². The van der Waals surface area contributed by atoms with Crippen LogP contribution in [-0.2, 0) is 4.79 Å². The number of phenols is 1. The molecule has 110 valence electrons. The molecule has 1 fully saturated rings. The van der Waals surface area contributed by atoms with Crippen LogP contribution in [0, 0.1) is 0 Å². The molecule has 2 aromatic rings. The number of nitrogens with zero attached hydrogens (tertiary/aromatic N) is 2. The van der Waals surface area contributed by atoms with Gasteiger partial charge in [-0.25, -0.2) is 0 Å². The summed E-state index contributed by atoms with van der Waals surface area (Å²) in [7, 11) is 0. The Balaban J connectivity index is 0.00000192. The summed E-state index contributed by atoms with van der Waals surface area (Å²) < 4.78 is 0. The van der Waals surface area contributed by atoms with Crippen LogP contribution in [0.25, 0.3) is 11.4 Å². The molecule has 7 heteroatoms. The maximum Gasteiger partial charge on any atom is 1.00 e. The number of rotatable bonds is 2. The van der Waals surface area contributed by atoms with Crippen LogP contribution in [0.2, 0.25) is 5.02 Å². The molecule has 0 spiro atoms.